The molecule has 0 rings (SSSR count). The van der Waals surface area contributed by atoms with E-state index < -0.39 is 11.7 Å². The number of carbonyl (C=O) groups is 1. The van der Waals surface area contributed by atoms with Gasteiger partial charge in [0.2, 0.25) is 0 Å². The molecule has 0 aromatic heterocycles. The van der Waals surface area contributed by atoms with Gasteiger partial charge in [-0.25, -0.2) is 0 Å². The van der Waals surface area contributed by atoms with Gasteiger partial charge in [0.15, 0.2) is 0 Å². The summed E-state index contributed by atoms with van der Waals surface area (Å²) < 4.78 is 9.52. The quantitative estimate of drug-likeness (QED) is 0.447. The number of nitrogens with two attached hydrogens (primary N) is 1. The molecule has 1 atom stereocenters. The summed E-state index contributed by atoms with van der Waals surface area (Å²) in [5.74, 6) is 0. The molecule has 0 aliphatic heterocycles. The van der Waals surface area contributed by atoms with Gasteiger partial charge in [0.1, 0.15) is 0 Å². The van der Waals surface area contributed by atoms with Crippen LogP contribution in [-0.4, -0.2) is 18.9 Å². The molecule has 0 amide bonds. The fourth-order valence-electron chi connectivity index (χ4n) is 0.107. The van der Waals surface area contributed by atoms with E-state index in [-0.39, 0.29) is 7.15 Å². The number of hydrogen-bond donors (Lipinski definition) is 1. The van der Waals surface area contributed by atoms with Gasteiger partial charge in [-0.2, -0.15) is 0 Å². The summed E-state index contributed by atoms with van der Waals surface area (Å²) in [6, 6.07) is -0.641. The van der Waals surface area contributed by atoms with E-state index in [1.54, 1.807) is 0 Å². The Kier molecular flexibility index (Phi) is 2.44. The van der Waals surface area contributed by atoms with Gasteiger partial charge in [0, 0.05) is 0 Å². The van der Waals surface area contributed by atoms with Crippen molar-refractivity contribution in [3.05, 3.63) is 0 Å². The molecule has 7 heavy (non-hydrogen) atoms. The van der Waals surface area contributed by atoms with E-state index in [9.17, 15) is 9.50 Å². The Hall–Kier alpha value is -0.505. The van der Waals surface area contributed by atoms with Crippen molar-refractivity contribution in [3.63, 3.8) is 0 Å². The van der Waals surface area contributed by atoms with Crippen LogP contribution in [0.5, 0.6) is 0 Å². The van der Waals surface area contributed by atoms with E-state index in [0.717, 1.165) is 0 Å². The Bertz CT molecular complexity index is 90.9. The van der Waals surface area contributed by atoms with Gasteiger partial charge in [-0.05, 0) is 0 Å². The summed E-state index contributed by atoms with van der Waals surface area (Å²) in [7, 11) is 0.227. The molecular weight excluding hydrogens is 92.8 g/mol. The van der Waals surface area contributed by atoms with Crippen LogP contribution in [0, 0.1) is 0 Å². The molecule has 0 saturated heterocycles. The molecule has 3 nitrogen and oxygen atoms in total. The molecule has 0 aromatic carbocycles. The third-order valence-corrected chi connectivity index (χ3v) is 0.565. The van der Waals surface area contributed by atoms with E-state index in [0.29, 0.717) is 0 Å². The molecule has 0 fully saturated rings. The first-order chi connectivity index (χ1) is 3.18. The van der Waals surface area contributed by atoms with Crippen molar-refractivity contribution < 1.29 is 9.50 Å². The molecule has 38 valence electrons. The van der Waals surface area contributed by atoms with Gasteiger partial charge < -0.3 is 0 Å². The predicted molar refractivity (Wildman–Crippen MR) is 25.1 cm³/mol. The van der Waals surface area contributed by atoms with E-state index in [4.69, 9.17) is 5.73 Å². The molecule has 4 heteroatoms. The van der Waals surface area contributed by atoms with Crippen molar-refractivity contribution in [1.82, 2.24) is 0 Å². The molecule has 0 heterocycles. The van der Waals surface area contributed by atoms with Crippen LogP contribution in [0.1, 0.15) is 6.92 Å². The second-order valence-corrected chi connectivity index (χ2v) is 1.31. The van der Waals surface area contributed by atoms with Crippen LogP contribution in [0.4, 0.5) is 0 Å². The third-order valence-electron chi connectivity index (χ3n) is 0.565. The van der Waals surface area contributed by atoms with E-state index in [2.05, 4.69) is 0 Å². The van der Waals surface area contributed by atoms with E-state index in [1.165, 1.54) is 6.92 Å². The average Bonchev–Trinajstić information content (AvgIpc) is 1.65. The van der Waals surface area contributed by atoms with Crippen molar-refractivity contribution in [2.75, 3.05) is 0 Å². The van der Waals surface area contributed by atoms with Gasteiger partial charge in [0.05, 0.1) is 0 Å². The van der Waals surface area contributed by atoms with Gasteiger partial charge in [-0.1, -0.05) is 0 Å². The third kappa shape index (κ3) is 2.22. The molecule has 0 aliphatic rings. The van der Waals surface area contributed by atoms with Crippen molar-refractivity contribution in [2.24, 2.45) is 5.73 Å². The molecule has 0 aromatic rings. The zero-order valence-corrected chi connectivity index (χ0v) is 4.05. The van der Waals surface area contributed by atoms with Crippen LogP contribution >= 0.6 is 0 Å². The van der Waals surface area contributed by atoms with Crippen molar-refractivity contribution >= 4 is 12.8 Å². The normalized spacial score (nSPS) is 12.3. The van der Waals surface area contributed by atoms with Gasteiger partial charge in [-0.15, -0.1) is 0 Å². The Labute approximate surface area is 42.1 Å². The van der Waals surface area contributed by atoms with E-state index >= 15 is 0 Å². The standard InChI is InChI=1S/C3H6BNO2/c1-2(5)3(6)4-7/h2H,5H2,1H3/t2-/m0/s1. The minimum atomic E-state index is -0.641. The summed E-state index contributed by atoms with van der Waals surface area (Å²) in [5, 5.41) is 0. The molecule has 0 saturated carbocycles. The average molecular weight is 98.9 g/mol. The predicted octanol–water partition coefficient (Wildman–Crippen LogP) is -1.09. The van der Waals surface area contributed by atoms with Crippen LogP contribution < -0.4 is 5.73 Å². The van der Waals surface area contributed by atoms with Crippen LogP contribution in [-0.2, 0) is 9.50 Å². The second kappa shape index (κ2) is 2.63. The maximum atomic E-state index is 10.0. The zero-order chi connectivity index (χ0) is 5.86. The zero-order valence-electron chi connectivity index (χ0n) is 4.05. The molecule has 0 bridgehead atoms. The first-order valence-corrected chi connectivity index (χ1v) is 1.93. The Balaban J connectivity index is 3.56. The Morgan fingerprint density at radius 1 is 1.86 bits per heavy atom. The number of rotatable bonds is 2. The molecule has 2 N–H and O–H groups in total. The maximum absolute atomic E-state index is 10.0. The molecule has 0 radical (unpaired) electrons. The first kappa shape index (κ1) is 6.49. The summed E-state index contributed by atoms with van der Waals surface area (Å²) in [4.78, 5) is 10.0. The van der Waals surface area contributed by atoms with Crippen molar-refractivity contribution in [3.8, 4) is 0 Å². The van der Waals surface area contributed by atoms with Crippen molar-refractivity contribution in [1.29, 1.82) is 0 Å². The van der Waals surface area contributed by atoms with Crippen LogP contribution in [0.15, 0.2) is 0 Å². The van der Waals surface area contributed by atoms with Crippen molar-refractivity contribution in [2.45, 2.75) is 13.0 Å². The summed E-state index contributed by atoms with van der Waals surface area (Å²) in [5.41, 5.74) is 4.41. The topological polar surface area (TPSA) is 60.2 Å². The fourth-order valence-corrected chi connectivity index (χ4v) is 0.107. The van der Waals surface area contributed by atoms with Gasteiger partial charge in [-0.3, -0.25) is 0 Å². The number of carbonyl (C=O) groups excluding carboxylic acids is 1. The number of hydrogen-bond acceptors (Lipinski definition) is 3. The monoisotopic (exact) mass is 99.0 g/mol. The minimum absolute atomic E-state index is 0.227. The van der Waals surface area contributed by atoms with Crippen LogP contribution in [0.3, 0.4) is 0 Å². The Morgan fingerprint density at radius 2 is 2.29 bits per heavy atom. The molecule has 0 unspecified atom stereocenters. The van der Waals surface area contributed by atoms with Crippen LogP contribution in [0.25, 0.3) is 0 Å². The summed E-state index contributed by atoms with van der Waals surface area (Å²) in [6.45, 7) is 1.47. The Morgan fingerprint density at radius 3 is 2.29 bits per heavy atom. The van der Waals surface area contributed by atoms with E-state index in [1.807, 2.05) is 0 Å². The molecule has 0 spiro atoms. The molecule has 0 aliphatic carbocycles. The SMILES string of the molecule is C[C@H](N)C(=O)B=O. The summed E-state index contributed by atoms with van der Waals surface area (Å²) in [6.07, 6.45) is 0. The fraction of sp³-hybridized carbons (Fsp3) is 0.667. The van der Waals surface area contributed by atoms with Gasteiger partial charge in [0.25, 0.3) is 0 Å². The first-order valence-electron chi connectivity index (χ1n) is 1.93. The second-order valence-electron chi connectivity index (χ2n) is 1.31. The summed E-state index contributed by atoms with van der Waals surface area (Å²) >= 11 is 0. The molecular formula is C3H6BNO2. The van der Waals surface area contributed by atoms with Gasteiger partial charge >= 0.3 is 41.0 Å². The van der Waals surface area contributed by atoms with Crippen LogP contribution in [0.2, 0.25) is 0 Å².